The first-order valence-electron chi connectivity index (χ1n) is 7.46. The highest BCUT2D eigenvalue weighted by Gasteiger charge is 2.12. The van der Waals surface area contributed by atoms with Crippen molar-refractivity contribution in [1.29, 1.82) is 0 Å². The van der Waals surface area contributed by atoms with Crippen molar-refractivity contribution in [3.8, 4) is 0 Å². The molecule has 0 aromatic carbocycles. The summed E-state index contributed by atoms with van der Waals surface area (Å²) in [5, 5.41) is 5.24. The molecule has 0 amide bonds. The van der Waals surface area contributed by atoms with Gasteiger partial charge in [-0.25, -0.2) is 5.32 Å². The van der Waals surface area contributed by atoms with E-state index in [0.29, 0.717) is 0 Å². The van der Waals surface area contributed by atoms with Gasteiger partial charge in [-0.1, -0.05) is 51.7 Å². The van der Waals surface area contributed by atoms with Crippen molar-refractivity contribution in [1.82, 2.24) is 5.32 Å². The van der Waals surface area contributed by atoms with Gasteiger partial charge in [-0.3, -0.25) is 0 Å². The van der Waals surface area contributed by atoms with Crippen LogP contribution in [0.2, 0.25) is 0 Å². The van der Waals surface area contributed by atoms with Gasteiger partial charge < -0.3 is 0 Å². The zero-order chi connectivity index (χ0) is 14.3. The van der Waals surface area contributed by atoms with Crippen LogP contribution in [0.1, 0.15) is 52.4 Å². The zero-order valence-corrected chi connectivity index (χ0v) is 14.3. The van der Waals surface area contributed by atoms with Gasteiger partial charge in [0, 0.05) is 0 Å². The summed E-state index contributed by atoms with van der Waals surface area (Å²) in [4.78, 5) is 0. The highest BCUT2D eigenvalue weighted by molar-refractivity contribution is 8.00. The molecule has 0 saturated heterocycles. The Labute approximate surface area is 129 Å². The summed E-state index contributed by atoms with van der Waals surface area (Å²) in [6.45, 7) is 12.3. The van der Waals surface area contributed by atoms with Crippen LogP contribution >= 0.6 is 23.5 Å². The van der Waals surface area contributed by atoms with Crippen LogP contribution in [-0.2, 0) is 0 Å². The molecule has 19 heavy (non-hydrogen) atoms. The summed E-state index contributed by atoms with van der Waals surface area (Å²) in [5.74, 6) is 2.36. The van der Waals surface area contributed by atoms with Gasteiger partial charge in [-0.05, 0) is 24.3 Å². The molecule has 2 atom stereocenters. The second kappa shape index (κ2) is 14.5. The third-order valence-corrected chi connectivity index (χ3v) is 5.13. The summed E-state index contributed by atoms with van der Waals surface area (Å²) < 4.78 is 0. The Morgan fingerprint density at radius 1 is 0.842 bits per heavy atom. The second-order valence-corrected chi connectivity index (χ2v) is 7.01. The number of nitrogens with zero attached hydrogens (tertiary/aromatic N) is 1. The Balaban J connectivity index is 3.82. The van der Waals surface area contributed by atoms with Crippen LogP contribution in [-0.4, -0.2) is 22.3 Å². The van der Waals surface area contributed by atoms with Crippen molar-refractivity contribution in [2.45, 2.75) is 63.1 Å². The number of rotatable bonds is 14. The van der Waals surface area contributed by atoms with E-state index in [4.69, 9.17) is 5.32 Å². The van der Waals surface area contributed by atoms with Gasteiger partial charge in [0.25, 0.3) is 0 Å². The van der Waals surface area contributed by atoms with E-state index < -0.39 is 0 Å². The Bertz CT molecular complexity index is 197. The predicted molar refractivity (Wildman–Crippen MR) is 94.1 cm³/mol. The van der Waals surface area contributed by atoms with Crippen LogP contribution in [0.15, 0.2) is 25.3 Å². The molecule has 111 valence electrons. The second-order valence-electron chi connectivity index (χ2n) is 4.56. The van der Waals surface area contributed by atoms with Crippen molar-refractivity contribution in [2.75, 3.05) is 11.5 Å². The molecule has 0 aromatic heterocycles. The normalized spacial score (nSPS) is 14.0. The molecule has 0 aliphatic carbocycles. The van der Waals surface area contributed by atoms with E-state index >= 15 is 0 Å². The summed E-state index contributed by atoms with van der Waals surface area (Å²) in [6.07, 6.45) is 11.7. The lowest BCUT2D eigenvalue weighted by molar-refractivity contribution is 0.732. The van der Waals surface area contributed by atoms with Gasteiger partial charge in [0.15, 0.2) is 0 Å². The van der Waals surface area contributed by atoms with Crippen molar-refractivity contribution < 1.29 is 0 Å². The predicted octanol–water partition coefficient (Wildman–Crippen LogP) is 5.46. The molecule has 0 aromatic rings. The Morgan fingerprint density at radius 2 is 1.26 bits per heavy atom. The maximum atomic E-state index is 4.80. The van der Waals surface area contributed by atoms with Crippen molar-refractivity contribution in [3.63, 3.8) is 0 Å². The Kier molecular flexibility index (Phi) is 14.7. The third kappa shape index (κ3) is 11.6. The van der Waals surface area contributed by atoms with E-state index in [1.807, 2.05) is 35.7 Å². The van der Waals surface area contributed by atoms with E-state index in [1.165, 1.54) is 50.0 Å². The van der Waals surface area contributed by atoms with Gasteiger partial charge in [0.2, 0.25) is 0 Å². The minimum absolute atomic E-state index is 0.221. The van der Waals surface area contributed by atoms with Crippen molar-refractivity contribution in [2.24, 2.45) is 0 Å². The number of thioether (sulfide) groups is 2. The monoisotopic (exact) mass is 300 g/mol. The quantitative estimate of drug-likeness (QED) is 0.312. The average Bonchev–Trinajstić information content (AvgIpc) is 2.44. The minimum Gasteiger partial charge on any atom is -0.205 e. The minimum atomic E-state index is 0.221. The highest BCUT2D eigenvalue weighted by Crippen LogP contribution is 2.20. The fourth-order valence-corrected chi connectivity index (χ4v) is 3.61. The summed E-state index contributed by atoms with van der Waals surface area (Å²) in [7, 11) is 0. The Morgan fingerprint density at radius 3 is 1.58 bits per heavy atom. The zero-order valence-electron chi connectivity index (χ0n) is 12.6. The largest absolute Gasteiger partial charge is 0.205 e. The van der Waals surface area contributed by atoms with Crippen LogP contribution in [0.4, 0.5) is 0 Å². The highest BCUT2D eigenvalue weighted by atomic mass is 32.2. The molecule has 0 N–H and O–H groups in total. The molecule has 0 saturated carbocycles. The molecular formula is C16H30NS2. The van der Waals surface area contributed by atoms with Crippen LogP contribution in [0.25, 0.3) is 0 Å². The third-order valence-electron chi connectivity index (χ3n) is 2.77. The molecule has 0 fully saturated rings. The van der Waals surface area contributed by atoms with E-state index in [9.17, 15) is 0 Å². The molecular weight excluding hydrogens is 270 g/mol. The van der Waals surface area contributed by atoms with Crippen LogP contribution in [0.3, 0.4) is 0 Å². The summed E-state index contributed by atoms with van der Waals surface area (Å²) in [6, 6.07) is 0. The lowest BCUT2D eigenvalue weighted by Crippen LogP contribution is -2.24. The smallest absolute Gasteiger partial charge is 0.0894 e. The van der Waals surface area contributed by atoms with Gasteiger partial charge in [0.1, 0.15) is 0 Å². The number of unbranched alkanes of at least 4 members (excludes halogenated alkanes) is 4. The molecule has 0 aliphatic heterocycles. The van der Waals surface area contributed by atoms with Crippen LogP contribution in [0, 0.1) is 0 Å². The van der Waals surface area contributed by atoms with Crippen LogP contribution < -0.4 is 5.32 Å². The SMILES string of the molecule is C=CC([N]C(C=C)SCCCCC)SCCCCC. The molecule has 0 bridgehead atoms. The average molecular weight is 301 g/mol. The molecule has 3 heteroatoms. The van der Waals surface area contributed by atoms with E-state index in [1.54, 1.807) is 0 Å². The van der Waals surface area contributed by atoms with Crippen LogP contribution in [0.5, 0.6) is 0 Å². The first-order valence-corrected chi connectivity index (χ1v) is 9.56. The molecule has 1 nitrogen and oxygen atoms in total. The fraction of sp³-hybridized carbons (Fsp3) is 0.750. The number of hydrogen-bond donors (Lipinski definition) is 0. The first kappa shape index (κ1) is 19.1. The molecule has 0 heterocycles. The molecule has 0 rings (SSSR count). The molecule has 0 spiro atoms. The van der Waals surface area contributed by atoms with E-state index in [-0.39, 0.29) is 10.7 Å². The molecule has 2 unspecified atom stereocenters. The summed E-state index contributed by atoms with van der Waals surface area (Å²) >= 11 is 3.81. The lowest BCUT2D eigenvalue weighted by Gasteiger charge is -2.18. The van der Waals surface area contributed by atoms with E-state index in [2.05, 4.69) is 27.0 Å². The Hall–Kier alpha value is 0.140. The van der Waals surface area contributed by atoms with Crippen molar-refractivity contribution >= 4 is 23.5 Å². The molecule has 1 radical (unpaired) electrons. The standard InChI is InChI=1S/C16H30NS2/c1-5-9-11-13-18-15(7-3)17-16(8-4)19-14-12-10-6-2/h7-8,15-16H,3-6,9-14H2,1-2H3. The fourth-order valence-electron chi connectivity index (χ4n) is 1.60. The van der Waals surface area contributed by atoms with Gasteiger partial charge in [-0.15, -0.1) is 36.7 Å². The maximum Gasteiger partial charge on any atom is 0.0894 e. The van der Waals surface area contributed by atoms with Crippen molar-refractivity contribution in [3.05, 3.63) is 25.3 Å². The number of hydrogen-bond acceptors (Lipinski definition) is 2. The van der Waals surface area contributed by atoms with Gasteiger partial charge >= 0.3 is 0 Å². The van der Waals surface area contributed by atoms with Gasteiger partial charge in [0.05, 0.1) is 10.7 Å². The van der Waals surface area contributed by atoms with E-state index in [0.717, 1.165) is 0 Å². The van der Waals surface area contributed by atoms with Gasteiger partial charge in [-0.2, -0.15) is 0 Å². The molecule has 0 aliphatic rings. The lowest BCUT2D eigenvalue weighted by atomic mass is 10.3. The maximum absolute atomic E-state index is 4.80. The topological polar surface area (TPSA) is 14.1 Å². The summed E-state index contributed by atoms with van der Waals surface area (Å²) in [5.41, 5.74) is 0. The first-order chi connectivity index (χ1) is 9.28.